The van der Waals surface area contributed by atoms with Gasteiger partial charge >= 0.3 is 11.9 Å². The second-order valence-electron chi connectivity index (χ2n) is 7.12. The van der Waals surface area contributed by atoms with E-state index in [1.165, 1.54) is 0 Å². The molecule has 0 aliphatic carbocycles. The summed E-state index contributed by atoms with van der Waals surface area (Å²) < 4.78 is 5.46. The van der Waals surface area contributed by atoms with Crippen LogP contribution < -0.4 is 10.1 Å². The first-order valence-corrected chi connectivity index (χ1v) is 10.5. The van der Waals surface area contributed by atoms with E-state index < -0.39 is 11.9 Å². The van der Waals surface area contributed by atoms with E-state index in [4.69, 9.17) is 14.9 Å². The highest BCUT2D eigenvalue weighted by Crippen LogP contribution is 2.17. The maximum Gasteiger partial charge on any atom is 0.335 e. The monoisotopic (exact) mass is 435 g/mol. The number of hydrogen-bond donors (Lipinski definition) is 3. The van der Waals surface area contributed by atoms with Crippen LogP contribution >= 0.6 is 0 Å². The quantitative estimate of drug-likeness (QED) is 0.383. The minimum absolute atomic E-state index is 0.339. The number of carboxylic acid groups (broad SMARTS) is 2. The molecule has 6 heteroatoms. The third-order valence-corrected chi connectivity index (χ3v) is 4.64. The van der Waals surface area contributed by atoms with Crippen molar-refractivity contribution in [2.75, 3.05) is 18.5 Å². The van der Waals surface area contributed by atoms with Gasteiger partial charge in [0.05, 0.1) is 17.7 Å². The average molecular weight is 436 g/mol. The Morgan fingerprint density at radius 1 is 0.906 bits per heavy atom. The van der Waals surface area contributed by atoms with Crippen LogP contribution in [-0.2, 0) is 6.42 Å². The summed E-state index contributed by atoms with van der Waals surface area (Å²) in [4.78, 5) is 21.5. The summed E-state index contributed by atoms with van der Waals surface area (Å²) in [5.41, 5.74) is 3.69. The van der Waals surface area contributed by atoms with E-state index in [1.54, 1.807) is 36.4 Å². The van der Waals surface area contributed by atoms with Crippen LogP contribution in [0, 0.1) is 6.92 Å². The van der Waals surface area contributed by atoms with Gasteiger partial charge in [0.2, 0.25) is 0 Å². The van der Waals surface area contributed by atoms with Gasteiger partial charge in [-0.3, -0.25) is 0 Å². The molecule has 0 saturated carbocycles. The average Bonchev–Trinajstić information content (AvgIpc) is 2.78. The summed E-state index contributed by atoms with van der Waals surface area (Å²) in [6, 6.07) is 21.7. The van der Waals surface area contributed by atoms with Crippen LogP contribution in [0.5, 0.6) is 5.75 Å². The Labute approximate surface area is 188 Å². The number of carbonyl (C=O) groups is 2. The van der Waals surface area contributed by atoms with Crippen molar-refractivity contribution in [1.82, 2.24) is 0 Å². The Bertz CT molecular complexity index is 1010. The number of benzene rings is 3. The van der Waals surface area contributed by atoms with Gasteiger partial charge in [-0.15, -0.1) is 0 Å². The van der Waals surface area contributed by atoms with Crippen molar-refractivity contribution in [1.29, 1.82) is 0 Å². The molecule has 0 aliphatic rings. The fourth-order valence-corrected chi connectivity index (χ4v) is 3.02. The van der Waals surface area contributed by atoms with Gasteiger partial charge in [-0.1, -0.05) is 42.0 Å². The fraction of sp³-hybridized carbons (Fsp3) is 0.231. The van der Waals surface area contributed by atoms with Crippen LogP contribution in [0.2, 0.25) is 0 Å². The molecule has 0 spiro atoms. The molecule has 0 unspecified atom stereocenters. The maximum absolute atomic E-state index is 11.1. The van der Waals surface area contributed by atoms with E-state index in [1.807, 2.05) is 50.2 Å². The largest absolute Gasteiger partial charge is 0.494 e. The van der Waals surface area contributed by atoms with E-state index in [9.17, 15) is 9.59 Å². The molecule has 6 nitrogen and oxygen atoms in total. The smallest absolute Gasteiger partial charge is 0.335 e. The van der Waals surface area contributed by atoms with Gasteiger partial charge in [0.25, 0.3) is 0 Å². The molecule has 3 N–H and O–H groups in total. The summed E-state index contributed by atoms with van der Waals surface area (Å²) in [5.74, 6) is -0.892. The van der Waals surface area contributed by atoms with E-state index in [0.717, 1.165) is 42.0 Å². The third-order valence-electron chi connectivity index (χ3n) is 4.64. The SMILES string of the molecule is CCOc1cccc(NCCCc2ccccc2C(=O)O)c1.Cc1ccc(C(=O)O)cc1. The van der Waals surface area contributed by atoms with Crippen LogP contribution in [0.25, 0.3) is 0 Å². The molecule has 32 heavy (non-hydrogen) atoms. The van der Waals surface area contributed by atoms with Gasteiger partial charge < -0.3 is 20.3 Å². The van der Waals surface area contributed by atoms with Crippen LogP contribution in [0.4, 0.5) is 5.69 Å². The number of aromatic carboxylic acids is 2. The molecule has 0 heterocycles. The second-order valence-corrected chi connectivity index (χ2v) is 7.12. The minimum Gasteiger partial charge on any atom is -0.494 e. The standard InChI is InChI=1S/C18H21NO3.C8H8O2/c1-2-22-16-10-5-9-15(13-16)19-12-6-8-14-7-3-4-11-17(14)18(20)21;1-6-2-4-7(5-3-6)8(9)10/h3-5,7,9-11,13,19H,2,6,8,12H2,1H3,(H,20,21);2-5H,1H3,(H,9,10). The van der Waals surface area contributed by atoms with E-state index in [2.05, 4.69) is 5.32 Å². The Kier molecular flexibility index (Phi) is 9.78. The molecule has 3 aromatic carbocycles. The first kappa shape index (κ1) is 24.5. The Balaban J connectivity index is 0.000000303. The highest BCUT2D eigenvalue weighted by atomic mass is 16.5. The number of carboxylic acids is 2. The zero-order chi connectivity index (χ0) is 23.3. The number of nitrogens with one attached hydrogen (secondary N) is 1. The maximum atomic E-state index is 11.1. The number of anilines is 1. The molecule has 0 aliphatic heterocycles. The lowest BCUT2D eigenvalue weighted by Crippen LogP contribution is -2.06. The summed E-state index contributed by atoms with van der Waals surface area (Å²) >= 11 is 0. The van der Waals surface area contributed by atoms with Gasteiger partial charge in [-0.2, -0.15) is 0 Å². The molecular weight excluding hydrogens is 406 g/mol. The Hall–Kier alpha value is -3.80. The van der Waals surface area contributed by atoms with Gasteiger partial charge in [0.15, 0.2) is 0 Å². The summed E-state index contributed by atoms with van der Waals surface area (Å²) in [7, 11) is 0. The van der Waals surface area contributed by atoms with E-state index in [0.29, 0.717) is 17.7 Å². The summed E-state index contributed by atoms with van der Waals surface area (Å²) in [6.07, 6.45) is 1.60. The zero-order valence-electron chi connectivity index (χ0n) is 18.4. The molecule has 0 saturated heterocycles. The number of aryl methyl sites for hydroxylation is 2. The third kappa shape index (κ3) is 8.14. The van der Waals surface area contributed by atoms with Crippen LogP contribution in [0.3, 0.4) is 0 Å². The van der Waals surface area contributed by atoms with Gasteiger partial charge in [-0.25, -0.2) is 9.59 Å². The molecule has 0 aromatic heterocycles. The lowest BCUT2D eigenvalue weighted by molar-refractivity contribution is 0.0685. The highest BCUT2D eigenvalue weighted by molar-refractivity contribution is 5.89. The fourth-order valence-electron chi connectivity index (χ4n) is 3.02. The first-order valence-electron chi connectivity index (χ1n) is 10.5. The van der Waals surface area contributed by atoms with Crippen molar-refractivity contribution in [3.05, 3.63) is 95.1 Å². The second kappa shape index (κ2) is 12.8. The van der Waals surface area contributed by atoms with Crippen molar-refractivity contribution >= 4 is 17.6 Å². The number of hydrogen-bond acceptors (Lipinski definition) is 4. The van der Waals surface area contributed by atoms with Crippen LogP contribution in [-0.4, -0.2) is 35.3 Å². The minimum atomic E-state index is -0.875. The molecule has 0 atom stereocenters. The normalized spacial score (nSPS) is 9.94. The van der Waals surface area contributed by atoms with Crippen LogP contribution in [0.15, 0.2) is 72.8 Å². The van der Waals surface area contributed by atoms with Gasteiger partial charge in [0.1, 0.15) is 5.75 Å². The lowest BCUT2D eigenvalue weighted by Gasteiger charge is -2.10. The van der Waals surface area contributed by atoms with Crippen molar-refractivity contribution in [3.63, 3.8) is 0 Å². The summed E-state index contributed by atoms with van der Waals surface area (Å²) in [5, 5.41) is 21.0. The lowest BCUT2D eigenvalue weighted by atomic mass is 10.0. The van der Waals surface area contributed by atoms with E-state index in [-0.39, 0.29) is 0 Å². The molecule has 0 amide bonds. The highest BCUT2D eigenvalue weighted by Gasteiger charge is 2.08. The number of ether oxygens (including phenoxy) is 1. The molecule has 3 aromatic rings. The van der Waals surface area contributed by atoms with Crippen molar-refractivity contribution in [2.45, 2.75) is 26.7 Å². The van der Waals surface area contributed by atoms with Crippen LogP contribution in [0.1, 0.15) is 45.2 Å². The Morgan fingerprint density at radius 3 is 2.28 bits per heavy atom. The van der Waals surface area contributed by atoms with Crippen molar-refractivity contribution in [3.8, 4) is 5.75 Å². The van der Waals surface area contributed by atoms with Gasteiger partial charge in [-0.05, 0) is 62.6 Å². The topological polar surface area (TPSA) is 95.9 Å². The number of rotatable bonds is 9. The van der Waals surface area contributed by atoms with Gasteiger partial charge in [0, 0.05) is 18.3 Å². The molecule has 0 fully saturated rings. The van der Waals surface area contributed by atoms with Crippen molar-refractivity contribution in [2.24, 2.45) is 0 Å². The van der Waals surface area contributed by atoms with Crippen molar-refractivity contribution < 1.29 is 24.5 Å². The predicted octanol–water partition coefficient (Wildman–Crippen LogP) is 5.52. The first-order chi connectivity index (χ1) is 15.4. The summed E-state index contributed by atoms with van der Waals surface area (Å²) in [6.45, 7) is 5.31. The molecule has 3 rings (SSSR count). The van der Waals surface area contributed by atoms with E-state index >= 15 is 0 Å². The molecular formula is C26H29NO5. The molecule has 0 radical (unpaired) electrons. The molecule has 0 bridgehead atoms. The Morgan fingerprint density at radius 2 is 1.62 bits per heavy atom. The molecule has 168 valence electrons. The zero-order valence-corrected chi connectivity index (χ0v) is 18.4. The predicted molar refractivity (Wildman–Crippen MR) is 126 cm³/mol.